The smallest absolute Gasteiger partial charge is 0.416 e. The van der Waals surface area contributed by atoms with Crippen LogP contribution in [0, 0.1) is 0 Å². The van der Waals surface area contributed by atoms with Gasteiger partial charge in [-0.3, -0.25) is 4.79 Å². The SMILES string of the molecule is CCCn1c(=NC(=O)c2cccc(C(F)(F)F)c2)sc2cccc(OC)c21. The zero-order valence-electron chi connectivity index (χ0n) is 14.7. The minimum Gasteiger partial charge on any atom is -0.495 e. The molecule has 0 saturated heterocycles. The predicted octanol–water partition coefficient (Wildman–Crippen LogP) is 4.88. The molecule has 0 bridgehead atoms. The van der Waals surface area contributed by atoms with Crippen molar-refractivity contribution in [3.63, 3.8) is 0 Å². The standard InChI is InChI=1S/C19H17F3N2O2S/c1-3-10-24-16-14(26-2)8-5-9-15(16)27-18(24)23-17(25)12-6-4-7-13(11-12)19(20,21)22/h4-9,11H,3,10H2,1-2H3. The van der Waals surface area contributed by atoms with Gasteiger partial charge in [0.2, 0.25) is 0 Å². The number of thiazole rings is 1. The Morgan fingerprint density at radius 1 is 1.22 bits per heavy atom. The van der Waals surface area contributed by atoms with Crippen LogP contribution in [0.5, 0.6) is 5.75 Å². The molecule has 1 amide bonds. The van der Waals surface area contributed by atoms with Crippen molar-refractivity contribution in [1.29, 1.82) is 0 Å². The normalized spacial score (nSPS) is 12.6. The van der Waals surface area contributed by atoms with Crippen LogP contribution in [0.3, 0.4) is 0 Å². The molecule has 1 aromatic heterocycles. The van der Waals surface area contributed by atoms with Crippen molar-refractivity contribution < 1.29 is 22.7 Å². The average molecular weight is 394 g/mol. The monoisotopic (exact) mass is 394 g/mol. The quantitative estimate of drug-likeness (QED) is 0.633. The molecule has 27 heavy (non-hydrogen) atoms. The fraction of sp³-hybridized carbons (Fsp3) is 0.263. The highest BCUT2D eigenvalue weighted by Crippen LogP contribution is 2.30. The summed E-state index contributed by atoms with van der Waals surface area (Å²) in [7, 11) is 1.56. The molecule has 142 valence electrons. The summed E-state index contributed by atoms with van der Waals surface area (Å²) in [6.45, 7) is 2.60. The number of rotatable bonds is 4. The van der Waals surface area contributed by atoms with Crippen LogP contribution in [0.4, 0.5) is 13.2 Å². The molecule has 3 rings (SSSR count). The molecule has 2 aromatic carbocycles. The molecule has 0 unspecified atom stereocenters. The zero-order chi connectivity index (χ0) is 19.6. The van der Waals surface area contributed by atoms with Gasteiger partial charge >= 0.3 is 6.18 Å². The van der Waals surface area contributed by atoms with Crippen LogP contribution in [-0.2, 0) is 12.7 Å². The number of hydrogen-bond acceptors (Lipinski definition) is 3. The first-order valence-corrected chi connectivity index (χ1v) is 9.09. The van der Waals surface area contributed by atoms with E-state index in [1.807, 2.05) is 29.7 Å². The van der Waals surface area contributed by atoms with Gasteiger partial charge in [0.1, 0.15) is 11.3 Å². The maximum absolute atomic E-state index is 12.9. The number of ether oxygens (including phenoxy) is 1. The van der Waals surface area contributed by atoms with Gasteiger partial charge in [0.25, 0.3) is 5.91 Å². The summed E-state index contributed by atoms with van der Waals surface area (Å²) in [5, 5.41) is 0. The van der Waals surface area contributed by atoms with Crippen LogP contribution in [0.1, 0.15) is 29.3 Å². The summed E-state index contributed by atoms with van der Waals surface area (Å²) in [6, 6.07) is 9.84. The van der Waals surface area contributed by atoms with E-state index in [0.29, 0.717) is 17.1 Å². The number of benzene rings is 2. The molecule has 3 aromatic rings. The van der Waals surface area contributed by atoms with E-state index in [9.17, 15) is 18.0 Å². The molecule has 0 saturated carbocycles. The van der Waals surface area contributed by atoms with Crippen molar-refractivity contribution in [2.24, 2.45) is 4.99 Å². The molecular formula is C19H17F3N2O2S. The predicted molar refractivity (Wildman–Crippen MR) is 98.0 cm³/mol. The number of methoxy groups -OCH3 is 1. The Morgan fingerprint density at radius 3 is 2.63 bits per heavy atom. The van der Waals surface area contributed by atoms with E-state index in [4.69, 9.17) is 4.74 Å². The lowest BCUT2D eigenvalue weighted by Crippen LogP contribution is -2.17. The third-order valence-corrected chi connectivity index (χ3v) is 5.01. The number of amides is 1. The number of alkyl halides is 3. The Kier molecular flexibility index (Phi) is 5.36. The fourth-order valence-corrected chi connectivity index (χ4v) is 3.83. The number of hydrogen-bond donors (Lipinski definition) is 0. The summed E-state index contributed by atoms with van der Waals surface area (Å²) < 4.78 is 46.8. The molecular weight excluding hydrogens is 377 g/mol. The van der Waals surface area contributed by atoms with E-state index >= 15 is 0 Å². The lowest BCUT2D eigenvalue weighted by molar-refractivity contribution is -0.137. The van der Waals surface area contributed by atoms with Gasteiger partial charge in [-0.15, -0.1) is 0 Å². The third kappa shape index (κ3) is 3.90. The first kappa shape index (κ1) is 19.2. The van der Waals surface area contributed by atoms with Crippen molar-refractivity contribution in [2.45, 2.75) is 26.1 Å². The van der Waals surface area contributed by atoms with E-state index in [1.54, 1.807) is 7.11 Å². The van der Waals surface area contributed by atoms with Gasteiger partial charge in [-0.05, 0) is 36.8 Å². The summed E-state index contributed by atoms with van der Waals surface area (Å²) in [6.07, 6.45) is -3.71. The lowest BCUT2D eigenvalue weighted by atomic mass is 10.1. The fourth-order valence-electron chi connectivity index (χ4n) is 2.76. The molecule has 0 aliphatic carbocycles. The van der Waals surface area contributed by atoms with Gasteiger partial charge in [0.05, 0.1) is 17.4 Å². The molecule has 1 heterocycles. The van der Waals surface area contributed by atoms with Crippen LogP contribution >= 0.6 is 11.3 Å². The van der Waals surface area contributed by atoms with Crippen LogP contribution in [0.2, 0.25) is 0 Å². The first-order chi connectivity index (χ1) is 12.8. The van der Waals surface area contributed by atoms with Gasteiger partial charge in [0.15, 0.2) is 4.80 Å². The highest BCUT2D eigenvalue weighted by atomic mass is 32.1. The third-order valence-electron chi connectivity index (χ3n) is 3.97. The summed E-state index contributed by atoms with van der Waals surface area (Å²) in [5.74, 6) is -0.0540. The van der Waals surface area contributed by atoms with Crippen LogP contribution in [0.25, 0.3) is 10.2 Å². The molecule has 0 aliphatic rings. The van der Waals surface area contributed by atoms with Crippen LogP contribution < -0.4 is 9.54 Å². The van der Waals surface area contributed by atoms with E-state index in [1.165, 1.54) is 23.5 Å². The average Bonchev–Trinajstić information content (AvgIpc) is 2.99. The molecule has 0 radical (unpaired) electrons. The van der Waals surface area contributed by atoms with E-state index in [-0.39, 0.29) is 5.56 Å². The van der Waals surface area contributed by atoms with E-state index in [0.717, 1.165) is 28.8 Å². The second-order valence-corrected chi connectivity index (χ2v) is 6.85. The molecule has 0 N–H and O–H groups in total. The molecule has 0 atom stereocenters. The second-order valence-electron chi connectivity index (χ2n) is 5.84. The Balaban J connectivity index is 2.13. The van der Waals surface area contributed by atoms with Crippen molar-refractivity contribution in [1.82, 2.24) is 4.57 Å². The largest absolute Gasteiger partial charge is 0.495 e. The molecule has 8 heteroatoms. The number of fused-ring (bicyclic) bond motifs is 1. The van der Waals surface area contributed by atoms with Gasteiger partial charge in [-0.1, -0.05) is 30.4 Å². The summed E-state index contributed by atoms with van der Waals surface area (Å²) >= 11 is 1.30. The summed E-state index contributed by atoms with van der Waals surface area (Å²) in [5.41, 5.74) is -0.150. The Bertz CT molecular complexity index is 1050. The second kappa shape index (κ2) is 7.56. The van der Waals surface area contributed by atoms with Crippen LogP contribution in [0.15, 0.2) is 47.5 Å². The molecule has 0 spiro atoms. The lowest BCUT2D eigenvalue weighted by Gasteiger charge is -2.08. The number of aromatic nitrogens is 1. The van der Waals surface area contributed by atoms with E-state index < -0.39 is 17.6 Å². The molecule has 4 nitrogen and oxygen atoms in total. The Labute approximate surface area is 157 Å². The first-order valence-electron chi connectivity index (χ1n) is 8.27. The highest BCUT2D eigenvalue weighted by molar-refractivity contribution is 7.16. The maximum Gasteiger partial charge on any atom is 0.416 e. The number of aryl methyl sites for hydroxylation is 1. The number of halogens is 3. The van der Waals surface area contributed by atoms with Crippen molar-refractivity contribution in [3.05, 3.63) is 58.4 Å². The minimum absolute atomic E-state index is 0.0997. The minimum atomic E-state index is -4.51. The van der Waals surface area contributed by atoms with Gasteiger partial charge < -0.3 is 9.30 Å². The van der Waals surface area contributed by atoms with Gasteiger partial charge in [-0.2, -0.15) is 18.2 Å². The molecule has 0 fully saturated rings. The molecule has 0 aliphatic heterocycles. The highest BCUT2D eigenvalue weighted by Gasteiger charge is 2.30. The topological polar surface area (TPSA) is 43.6 Å². The number of carbonyl (C=O) groups excluding carboxylic acids is 1. The Morgan fingerprint density at radius 2 is 1.96 bits per heavy atom. The van der Waals surface area contributed by atoms with Crippen LogP contribution in [-0.4, -0.2) is 17.6 Å². The van der Waals surface area contributed by atoms with Crippen molar-refractivity contribution in [2.75, 3.05) is 7.11 Å². The van der Waals surface area contributed by atoms with Gasteiger partial charge in [0, 0.05) is 12.1 Å². The number of nitrogens with zero attached hydrogens (tertiary/aromatic N) is 2. The maximum atomic E-state index is 12.9. The van der Waals surface area contributed by atoms with Gasteiger partial charge in [-0.25, -0.2) is 0 Å². The van der Waals surface area contributed by atoms with E-state index in [2.05, 4.69) is 4.99 Å². The zero-order valence-corrected chi connectivity index (χ0v) is 15.5. The van der Waals surface area contributed by atoms with Crippen molar-refractivity contribution in [3.8, 4) is 5.75 Å². The van der Waals surface area contributed by atoms with Crippen molar-refractivity contribution >= 4 is 27.5 Å². The Hall–Kier alpha value is -2.61. The number of para-hydroxylation sites is 1. The summed E-state index contributed by atoms with van der Waals surface area (Å²) in [4.78, 5) is 17.0. The number of carbonyl (C=O) groups is 1.